The second kappa shape index (κ2) is 7.95. The predicted octanol–water partition coefficient (Wildman–Crippen LogP) is 1.83. The molecule has 0 fully saturated rings. The van der Waals surface area contributed by atoms with Crippen LogP contribution in [0, 0.1) is 0 Å². The third kappa shape index (κ3) is 4.41. The maximum absolute atomic E-state index is 5.02. The molecular formula is C15H25N5O. The second-order valence-corrected chi connectivity index (χ2v) is 5.19. The molecule has 2 heterocycles. The van der Waals surface area contributed by atoms with E-state index in [0.29, 0.717) is 12.6 Å². The third-order valence-corrected chi connectivity index (χ3v) is 3.61. The Balaban J connectivity index is 1.93. The highest BCUT2D eigenvalue weighted by molar-refractivity contribution is 5.04. The van der Waals surface area contributed by atoms with Crippen molar-refractivity contribution >= 4 is 0 Å². The van der Waals surface area contributed by atoms with Gasteiger partial charge in [0.2, 0.25) is 0 Å². The molecule has 0 aromatic carbocycles. The van der Waals surface area contributed by atoms with E-state index in [2.05, 4.69) is 46.1 Å². The zero-order chi connectivity index (χ0) is 15.1. The Kier molecular flexibility index (Phi) is 5.95. The smallest absolute Gasteiger partial charge is 0.123 e. The average molecular weight is 291 g/mol. The number of rotatable bonds is 9. The van der Waals surface area contributed by atoms with E-state index < -0.39 is 0 Å². The van der Waals surface area contributed by atoms with Gasteiger partial charge in [-0.3, -0.25) is 4.68 Å². The van der Waals surface area contributed by atoms with Gasteiger partial charge in [0.1, 0.15) is 5.82 Å². The Morgan fingerprint density at radius 1 is 1.38 bits per heavy atom. The van der Waals surface area contributed by atoms with Crippen molar-refractivity contribution < 1.29 is 4.74 Å². The number of methoxy groups -OCH3 is 1. The number of hydrogen-bond acceptors (Lipinski definition) is 4. The highest BCUT2D eigenvalue weighted by Gasteiger charge is 2.07. The van der Waals surface area contributed by atoms with Crippen molar-refractivity contribution in [1.29, 1.82) is 0 Å². The average Bonchev–Trinajstić information content (AvgIpc) is 3.13. The second-order valence-electron chi connectivity index (χ2n) is 5.19. The van der Waals surface area contributed by atoms with Crippen molar-refractivity contribution in [2.45, 2.75) is 39.4 Å². The monoisotopic (exact) mass is 291 g/mol. The van der Waals surface area contributed by atoms with Gasteiger partial charge in [-0.05, 0) is 19.4 Å². The van der Waals surface area contributed by atoms with Gasteiger partial charge in [-0.25, -0.2) is 4.98 Å². The highest BCUT2D eigenvalue weighted by atomic mass is 16.5. The zero-order valence-electron chi connectivity index (χ0n) is 13.1. The van der Waals surface area contributed by atoms with Crippen LogP contribution >= 0.6 is 0 Å². The number of hydrogen-bond donors (Lipinski definition) is 1. The molecule has 0 bridgehead atoms. The minimum absolute atomic E-state index is 0.441. The fourth-order valence-electron chi connectivity index (χ4n) is 2.09. The molecule has 2 aromatic rings. The lowest BCUT2D eigenvalue weighted by Gasteiger charge is -2.09. The first-order valence-electron chi connectivity index (χ1n) is 7.48. The minimum atomic E-state index is 0.441. The van der Waals surface area contributed by atoms with Crippen LogP contribution in [0.15, 0.2) is 24.7 Å². The summed E-state index contributed by atoms with van der Waals surface area (Å²) in [7, 11) is 1.70. The van der Waals surface area contributed by atoms with E-state index in [1.165, 1.54) is 0 Å². The quantitative estimate of drug-likeness (QED) is 0.716. The molecule has 2 aromatic heterocycles. The number of imidazole rings is 1. The summed E-state index contributed by atoms with van der Waals surface area (Å²) >= 11 is 0. The lowest BCUT2D eigenvalue weighted by atomic mass is 10.3. The van der Waals surface area contributed by atoms with E-state index in [1.54, 1.807) is 7.11 Å². The molecule has 0 spiro atoms. The van der Waals surface area contributed by atoms with Crippen LogP contribution in [0.5, 0.6) is 0 Å². The molecule has 0 aliphatic rings. The van der Waals surface area contributed by atoms with Crippen LogP contribution in [0.3, 0.4) is 0 Å². The van der Waals surface area contributed by atoms with E-state index in [-0.39, 0.29) is 0 Å². The van der Waals surface area contributed by atoms with Crippen LogP contribution in [-0.2, 0) is 17.8 Å². The van der Waals surface area contributed by atoms with Crippen LogP contribution in [0.2, 0.25) is 0 Å². The topological polar surface area (TPSA) is 56.9 Å². The van der Waals surface area contributed by atoms with Crippen LogP contribution in [0.4, 0.5) is 0 Å². The Morgan fingerprint density at radius 2 is 2.24 bits per heavy atom. The van der Waals surface area contributed by atoms with Crippen molar-refractivity contribution in [2.75, 3.05) is 20.3 Å². The summed E-state index contributed by atoms with van der Waals surface area (Å²) in [5.41, 5.74) is 1.06. The predicted molar refractivity (Wildman–Crippen MR) is 82.1 cm³/mol. The molecule has 116 valence electrons. The molecule has 6 nitrogen and oxygen atoms in total. The molecule has 0 saturated carbocycles. The van der Waals surface area contributed by atoms with Crippen molar-refractivity contribution in [1.82, 2.24) is 24.6 Å². The van der Waals surface area contributed by atoms with Gasteiger partial charge in [-0.1, -0.05) is 6.92 Å². The van der Waals surface area contributed by atoms with E-state index in [0.717, 1.165) is 37.6 Å². The first-order valence-corrected chi connectivity index (χ1v) is 7.48. The molecular weight excluding hydrogens is 266 g/mol. The van der Waals surface area contributed by atoms with Crippen LogP contribution in [0.1, 0.15) is 37.8 Å². The summed E-state index contributed by atoms with van der Waals surface area (Å²) in [6.45, 7) is 7.38. The van der Waals surface area contributed by atoms with Crippen molar-refractivity contribution in [2.24, 2.45) is 0 Å². The Hall–Kier alpha value is -1.66. The Bertz CT molecular complexity index is 534. The Labute approximate surface area is 126 Å². The van der Waals surface area contributed by atoms with Gasteiger partial charge in [0.15, 0.2) is 0 Å². The van der Waals surface area contributed by atoms with Crippen molar-refractivity contribution in [3.05, 3.63) is 36.2 Å². The molecule has 0 radical (unpaired) electrons. The van der Waals surface area contributed by atoms with Gasteiger partial charge < -0.3 is 14.6 Å². The van der Waals surface area contributed by atoms with E-state index in [4.69, 9.17) is 4.74 Å². The normalized spacial score (nSPS) is 12.7. The van der Waals surface area contributed by atoms with E-state index in [9.17, 15) is 0 Å². The molecule has 0 amide bonds. The summed E-state index contributed by atoms with van der Waals surface area (Å²) in [4.78, 5) is 4.39. The molecule has 0 aliphatic heterocycles. The van der Waals surface area contributed by atoms with Gasteiger partial charge >= 0.3 is 0 Å². The standard InChI is InChI=1S/C15H25N5O/c1-4-13(2)20-8-5-14(18-20)12-19-9-6-17-15(19)11-16-7-10-21-3/h5-6,8-9,13,16H,4,7,10-12H2,1-3H3. The Morgan fingerprint density at radius 3 is 3.00 bits per heavy atom. The SMILES string of the molecule is CCC(C)n1ccc(Cn2ccnc2CNCCOC)n1. The first-order chi connectivity index (χ1) is 10.2. The number of nitrogens with zero attached hydrogens (tertiary/aromatic N) is 4. The van der Waals surface area contributed by atoms with Crippen molar-refractivity contribution in [3.8, 4) is 0 Å². The molecule has 2 rings (SSSR count). The summed E-state index contributed by atoms with van der Waals surface area (Å²) in [6, 6.07) is 2.52. The number of aromatic nitrogens is 4. The first kappa shape index (κ1) is 15.7. The molecule has 1 N–H and O–H groups in total. The molecule has 6 heteroatoms. The number of nitrogens with one attached hydrogen (secondary N) is 1. The summed E-state index contributed by atoms with van der Waals surface area (Å²) < 4.78 is 9.18. The van der Waals surface area contributed by atoms with Gasteiger partial charge in [0.05, 0.1) is 25.4 Å². The molecule has 0 saturated heterocycles. The van der Waals surface area contributed by atoms with Gasteiger partial charge in [-0.15, -0.1) is 0 Å². The fraction of sp³-hybridized carbons (Fsp3) is 0.600. The van der Waals surface area contributed by atoms with Gasteiger partial charge in [0.25, 0.3) is 0 Å². The lowest BCUT2D eigenvalue weighted by Crippen LogP contribution is -2.21. The summed E-state index contributed by atoms with van der Waals surface area (Å²) in [5, 5.41) is 7.95. The maximum Gasteiger partial charge on any atom is 0.123 e. The lowest BCUT2D eigenvalue weighted by molar-refractivity contribution is 0.199. The van der Waals surface area contributed by atoms with Gasteiger partial charge in [0, 0.05) is 38.3 Å². The zero-order valence-corrected chi connectivity index (χ0v) is 13.1. The summed E-state index contributed by atoms with van der Waals surface area (Å²) in [5.74, 6) is 1.02. The molecule has 21 heavy (non-hydrogen) atoms. The van der Waals surface area contributed by atoms with Crippen molar-refractivity contribution in [3.63, 3.8) is 0 Å². The third-order valence-electron chi connectivity index (χ3n) is 3.61. The maximum atomic E-state index is 5.02. The molecule has 1 unspecified atom stereocenters. The largest absolute Gasteiger partial charge is 0.383 e. The van der Waals surface area contributed by atoms with Crippen LogP contribution < -0.4 is 5.32 Å². The van der Waals surface area contributed by atoms with Gasteiger partial charge in [-0.2, -0.15) is 5.10 Å². The summed E-state index contributed by atoms with van der Waals surface area (Å²) in [6.07, 6.45) is 6.96. The number of ether oxygens (including phenoxy) is 1. The van der Waals surface area contributed by atoms with Crippen LogP contribution in [-0.4, -0.2) is 39.6 Å². The fourth-order valence-corrected chi connectivity index (χ4v) is 2.09. The highest BCUT2D eigenvalue weighted by Crippen LogP contribution is 2.10. The van der Waals surface area contributed by atoms with E-state index in [1.807, 2.05) is 17.1 Å². The van der Waals surface area contributed by atoms with Crippen LogP contribution in [0.25, 0.3) is 0 Å². The molecule has 1 atom stereocenters. The minimum Gasteiger partial charge on any atom is -0.383 e. The van der Waals surface area contributed by atoms with E-state index >= 15 is 0 Å². The molecule has 0 aliphatic carbocycles.